The van der Waals surface area contributed by atoms with E-state index < -0.39 is 0 Å². The highest BCUT2D eigenvalue weighted by molar-refractivity contribution is 5.48. The number of anilines is 1. The van der Waals surface area contributed by atoms with Gasteiger partial charge in [-0.25, -0.2) is 4.57 Å². The van der Waals surface area contributed by atoms with Gasteiger partial charge in [0.05, 0.1) is 5.69 Å². The molecule has 1 aromatic rings. The highest BCUT2D eigenvalue weighted by Gasteiger charge is 2.06. The van der Waals surface area contributed by atoms with E-state index in [9.17, 15) is 0 Å². The van der Waals surface area contributed by atoms with Gasteiger partial charge in [0.1, 0.15) is 6.54 Å². The van der Waals surface area contributed by atoms with Crippen molar-refractivity contribution in [1.29, 1.82) is 0 Å². The molecule has 0 aliphatic heterocycles. The van der Waals surface area contributed by atoms with Crippen molar-refractivity contribution in [2.24, 2.45) is 0 Å². The van der Waals surface area contributed by atoms with Crippen LogP contribution in [0.15, 0.2) is 18.5 Å². The number of aromatic nitrogens is 1. The largest absolute Gasteiger partial charge is 0.377 e. The molecule has 0 fully saturated rings. The van der Waals surface area contributed by atoms with Gasteiger partial charge in [-0.15, -0.1) is 0 Å². The minimum atomic E-state index is 1.13. The van der Waals surface area contributed by atoms with Crippen molar-refractivity contribution >= 4 is 5.69 Å². The van der Waals surface area contributed by atoms with Gasteiger partial charge in [-0.05, 0) is 6.92 Å². The third-order valence-corrected chi connectivity index (χ3v) is 2.44. The molecule has 1 aromatic heterocycles. The summed E-state index contributed by atoms with van der Waals surface area (Å²) >= 11 is 0. The first kappa shape index (κ1) is 11.0. The topological polar surface area (TPSA) is 7.12 Å². The van der Waals surface area contributed by atoms with Crippen LogP contribution in [-0.2, 0) is 6.54 Å². The molecule has 0 N–H and O–H groups in total. The van der Waals surface area contributed by atoms with Gasteiger partial charge in [0, 0.05) is 32.1 Å². The van der Waals surface area contributed by atoms with Gasteiger partial charge in [0.15, 0.2) is 12.4 Å². The van der Waals surface area contributed by atoms with Crippen LogP contribution in [0.1, 0.15) is 25.3 Å². The van der Waals surface area contributed by atoms with Gasteiger partial charge in [-0.2, -0.15) is 0 Å². The fraction of sp³-hybridized carbons (Fsp3) is 0.583. The lowest BCUT2D eigenvalue weighted by atomic mass is 10.2. The van der Waals surface area contributed by atoms with Gasteiger partial charge >= 0.3 is 0 Å². The quantitative estimate of drug-likeness (QED) is 0.665. The molecule has 0 saturated heterocycles. The maximum atomic E-state index is 2.27. The zero-order valence-electron chi connectivity index (χ0n) is 9.75. The predicted octanol–water partition coefficient (Wildman–Crippen LogP) is 2.15. The molecule has 78 valence electrons. The van der Waals surface area contributed by atoms with E-state index in [4.69, 9.17) is 0 Å². The number of nitrogens with zero attached hydrogens (tertiary/aromatic N) is 2. The van der Waals surface area contributed by atoms with Crippen LogP contribution in [0.4, 0.5) is 5.69 Å². The molecular weight excluding hydrogens is 172 g/mol. The Kier molecular flexibility index (Phi) is 3.93. The van der Waals surface area contributed by atoms with E-state index in [2.05, 4.69) is 55.9 Å². The Morgan fingerprint density at radius 2 is 2.07 bits per heavy atom. The number of pyridine rings is 1. The maximum absolute atomic E-state index is 2.27. The fourth-order valence-corrected chi connectivity index (χ4v) is 1.64. The summed E-state index contributed by atoms with van der Waals surface area (Å²) in [5, 5.41) is 0. The van der Waals surface area contributed by atoms with E-state index >= 15 is 0 Å². The second-order valence-electron chi connectivity index (χ2n) is 4.00. The molecule has 1 rings (SSSR count). The molecule has 0 unspecified atom stereocenters. The van der Waals surface area contributed by atoms with Crippen LogP contribution in [0.2, 0.25) is 0 Å². The average molecular weight is 193 g/mol. The minimum absolute atomic E-state index is 1.13. The van der Waals surface area contributed by atoms with Crippen LogP contribution < -0.4 is 9.47 Å². The van der Waals surface area contributed by atoms with E-state index in [1.165, 1.54) is 24.1 Å². The lowest BCUT2D eigenvalue weighted by Gasteiger charge is -2.13. The second kappa shape index (κ2) is 4.99. The number of unbranched alkanes of at least 4 members (excludes halogenated alkanes) is 1. The summed E-state index contributed by atoms with van der Waals surface area (Å²) in [5.41, 5.74) is 2.64. The summed E-state index contributed by atoms with van der Waals surface area (Å²) in [5.74, 6) is 0. The Labute approximate surface area is 87.2 Å². The Morgan fingerprint density at radius 3 is 2.57 bits per heavy atom. The number of hydrogen-bond acceptors (Lipinski definition) is 1. The van der Waals surface area contributed by atoms with E-state index in [1.54, 1.807) is 0 Å². The predicted molar refractivity (Wildman–Crippen MR) is 60.6 cm³/mol. The summed E-state index contributed by atoms with van der Waals surface area (Å²) < 4.78 is 2.27. The van der Waals surface area contributed by atoms with Crippen LogP contribution >= 0.6 is 0 Å². The molecule has 0 amide bonds. The van der Waals surface area contributed by atoms with Crippen molar-refractivity contribution in [2.45, 2.75) is 33.2 Å². The van der Waals surface area contributed by atoms with Gasteiger partial charge in [-0.1, -0.05) is 13.3 Å². The van der Waals surface area contributed by atoms with Crippen LogP contribution in [-0.4, -0.2) is 14.1 Å². The molecule has 0 saturated carbocycles. The summed E-state index contributed by atoms with van der Waals surface area (Å²) in [6.07, 6.45) is 6.90. The molecule has 0 aliphatic rings. The standard InChI is InChI=1S/C12H21N2/c1-5-6-8-14-9-7-12(13(3)4)11(2)10-14/h7,9-10H,5-6,8H2,1-4H3/q+1. The third kappa shape index (κ3) is 2.72. The molecule has 14 heavy (non-hydrogen) atoms. The zero-order valence-corrected chi connectivity index (χ0v) is 9.75. The average Bonchev–Trinajstić information content (AvgIpc) is 2.14. The fourth-order valence-electron chi connectivity index (χ4n) is 1.64. The maximum Gasteiger partial charge on any atom is 0.173 e. The highest BCUT2D eigenvalue weighted by atomic mass is 15.1. The zero-order chi connectivity index (χ0) is 10.6. The van der Waals surface area contributed by atoms with Crippen LogP contribution in [0.3, 0.4) is 0 Å². The Morgan fingerprint density at radius 1 is 1.36 bits per heavy atom. The Balaban J connectivity index is 2.78. The first-order chi connectivity index (χ1) is 6.65. The lowest BCUT2D eigenvalue weighted by molar-refractivity contribution is -0.697. The molecular formula is C12H21N2+. The van der Waals surface area contributed by atoms with Crippen molar-refractivity contribution in [1.82, 2.24) is 0 Å². The summed E-state index contributed by atoms with van der Waals surface area (Å²) in [4.78, 5) is 2.15. The monoisotopic (exact) mass is 193 g/mol. The van der Waals surface area contributed by atoms with Gasteiger partial charge in [0.2, 0.25) is 0 Å². The third-order valence-electron chi connectivity index (χ3n) is 2.44. The molecule has 1 heterocycles. The van der Waals surface area contributed by atoms with Gasteiger partial charge < -0.3 is 4.90 Å². The Bertz CT molecular complexity index is 292. The smallest absolute Gasteiger partial charge is 0.173 e. The lowest BCUT2D eigenvalue weighted by Crippen LogP contribution is -2.33. The van der Waals surface area contributed by atoms with Gasteiger partial charge in [-0.3, -0.25) is 0 Å². The SMILES string of the molecule is CCCC[n+]1ccc(N(C)C)c(C)c1. The number of rotatable bonds is 4. The van der Waals surface area contributed by atoms with Gasteiger partial charge in [0.25, 0.3) is 0 Å². The molecule has 0 aromatic carbocycles. The van der Waals surface area contributed by atoms with Crippen LogP contribution in [0, 0.1) is 6.92 Å². The molecule has 2 nitrogen and oxygen atoms in total. The second-order valence-corrected chi connectivity index (χ2v) is 4.00. The molecule has 0 atom stereocenters. The first-order valence-corrected chi connectivity index (χ1v) is 5.32. The van der Waals surface area contributed by atoms with Crippen molar-refractivity contribution in [3.8, 4) is 0 Å². The van der Waals surface area contributed by atoms with E-state index in [0.29, 0.717) is 0 Å². The number of hydrogen-bond donors (Lipinski definition) is 0. The van der Waals surface area contributed by atoms with Crippen molar-refractivity contribution in [2.75, 3.05) is 19.0 Å². The summed E-state index contributed by atoms with van der Waals surface area (Å²) in [7, 11) is 4.16. The number of aryl methyl sites for hydroxylation is 2. The van der Waals surface area contributed by atoms with Crippen molar-refractivity contribution in [3.05, 3.63) is 24.0 Å². The van der Waals surface area contributed by atoms with E-state index in [1.807, 2.05) is 0 Å². The molecule has 0 aliphatic carbocycles. The molecule has 0 bridgehead atoms. The van der Waals surface area contributed by atoms with E-state index in [-0.39, 0.29) is 0 Å². The first-order valence-electron chi connectivity index (χ1n) is 5.32. The normalized spacial score (nSPS) is 10.3. The van der Waals surface area contributed by atoms with E-state index in [0.717, 1.165) is 6.54 Å². The van der Waals surface area contributed by atoms with Crippen molar-refractivity contribution < 1.29 is 4.57 Å². The summed E-state index contributed by atoms with van der Waals surface area (Å²) in [6, 6.07) is 2.19. The Hall–Kier alpha value is -1.05. The molecule has 0 spiro atoms. The summed E-state index contributed by atoms with van der Waals surface area (Å²) in [6.45, 7) is 5.52. The van der Waals surface area contributed by atoms with Crippen molar-refractivity contribution in [3.63, 3.8) is 0 Å². The highest BCUT2D eigenvalue weighted by Crippen LogP contribution is 2.13. The minimum Gasteiger partial charge on any atom is -0.377 e. The van der Waals surface area contributed by atoms with Crippen LogP contribution in [0.5, 0.6) is 0 Å². The molecule has 0 radical (unpaired) electrons. The van der Waals surface area contributed by atoms with Crippen LogP contribution in [0.25, 0.3) is 0 Å². The molecule has 2 heteroatoms.